The van der Waals surface area contributed by atoms with Crippen molar-refractivity contribution in [2.75, 3.05) is 6.54 Å². The van der Waals surface area contributed by atoms with Gasteiger partial charge >= 0.3 is 0 Å². The summed E-state index contributed by atoms with van der Waals surface area (Å²) in [5.74, 6) is 0. The van der Waals surface area contributed by atoms with Gasteiger partial charge in [0.2, 0.25) is 0 Å². The molecule has 0 aliphatic rings. The van der Waals surface area contributed by atoms with E-state index in [9.17, 15) is 0 Å². The highest BCUT2D eigenvalue weighted by Gasteiger charge is 2.07. The summed E-state index contributed by atoms with van der Waals surface area (Å²) in [6.45, 7) is 5.20. The number of thioether (sulfide) groups is 1. The van der Waals surface area contributed by atoms with Gasteiger partial charge in [-0.2, -0.15) is 0 Å². The zero-order valence-electron chi connectivity index (χ0n) is 9.29. The van der Waals surface area contributed by atoms with Gasteiger partial charge in [-0.3, -0.25) is 0 Å². The molecule has 15 heavy (non-hydrogen) atoms. The van der Waals surface area contributed by atoms with Crippen molar-refractivity contribution < 1.29 is 0 Å². The van der Waals surface area contributed by atoms with Crippen LogP contribution in [0.25, 0.3) is 0 Å². The fourth-order valence-electron chi connectivity index (χ4n) is 1.30. The second-order valence-electron chi connectivity index (χ2n) is 3.63. The Kier molecular flexibility index (Phi) is 5.72. The van der Waals surface area contributed by atoms with Crippen LogP contribution in [0.15, 0.2) is 27.6 Å². The number of hydrogen-bond donors (Lipinski definition) is 1. The molecule has 0 radical (unpaired) electrons. The number of hydrogen-bond acceptors (Lipinski definition) is 2. The topological polar surface area (TPSA) is 26.0 Å². The molecule has 2 N–H and O–H groups in total. The lowest BCUT2D eigenvalue weighted by Gasteiger charge is -2.13. The summed E-state index contributed by atoms with van der Waals surface area (Å²) in [7, 11) is 0. The molecular formula is C12H18BrNS. The molecule has 0 bridgehead atoms. The Morgan fingerprint density at radius 2 is 2.20 bits per heavy atom. The predicted octanol–water partition coefficient (Wildman–Crippen LogP) is 3.84. The van der Waals surface area contributed by atoms with Crippen LogP contribution in [0.2, 0.25) is 0 Å². The third kappa shape index (κ3) is 4.17. The molecule has 0 aliphatic carbocycles. The molecule has 0 saturated heterocycles. The highest BCUT2D eigenvalue weighted by molar-refractivity contribution is 9.10. The van der Waals surface area contributed by atoms with Gasteiger partial charge < -0.3 is 5.73 Å². The fourth-order valence-corrected chi connectivity index (χ4v) is 2.93. The van der Waals surface area contributed by atoms with E-state index in [1.807, 2.05) is 11.8 Å². The zero-order chi connectivity index (χ0) is 11.3. The molecule has 0 spiro atoms. The van der Waals surface area contributed by atoms with E-state index in [1.54, 1.807) is 0 Å². The summed E-state index contributed by atoms with van der Waals surface area (Å²) in [5, 5.41) is 0.663. The minimum atomic E-state index is 0.663. The summed E-state index contributed by atoms with van der Waals surface area (Å²) in [4.78, 5) is 1.36. The molecule has 1 rings (SSSR count). The Bertz CT molecular complexity index is 314. The number of rotatable bonds is 5. The Morgan fingerprint density at radius 3 is 2.80 bits per heavy atom. The van der Waals surface area contributed by atoms with Gasteiger partial charge in [-0.1, -0.05) is 35.8 Å². The Labute approximate surface area is 105 Å². The largest absolute Gasteiger partial charge is 0.330 e. The molecule has 1 atom stereocenters. The first-order valence-corrected chi connectivity index (χ1v) is 6.99. The second-order valence-corrected chi connectivity index (χ2v) is 6.02. The fraction of sp³-hybridized carbons (Fsp3) is 0.500. The van der Waals surface area contributed by atoms with Gasteiger partial charge in [0.25, 0.3) is 0 Å². The van der Waals surface area contributed by atoms with E-state index in [0.717, 1.165) is 17.4 Å². The first kappa shape index (κ1) is 13.1. The second kappa shape index (κ2) is 6.56. The van der Waals surface area contributed by atoms with Crippen LogP contribution in [0.4, 0.5) is 0 Å². The third-order valence-electron chi connectivity index (χ3n) is 2.35. The van der Waals surface area contributed by atoms with E-state index < -0.39 is 0 Å². The standard InChI is InChI=1S/C12H18BrNS/c1-3-9(2)15-12-8-11(13)5-4-10(12)6-7-14/h4-5,8-9H,3,6-7,14H2,1-2H3. The molecule has 1 aromatic rings. The van der Waals surface area contributed by atoms with E-state index in [-0.39, 0.29) is 0 Å². The molecule has 1 nitrogen and oxygen atoms in total. The van der Waals surface area contributed by atoms with Crippen molar-refractivity contribution in [3.8, 4) is 0 Å². The van der Waals surface area contributed by atoms with Crippen molar-refractivity contribution in [2.24, 2.45) is 5.73 Å². The van der Waals surface area contributed by atoms with Crippen molar-refractivity contribution in [1.82, 2.24) is 0 Å². The maximum atomic E-state index is 5.61. The SMILES string of the molecule is CCC(C)Sc1cc(Br)ccc1CCN. The Balaban J connectivity index is 2.86. The van der Waals surface area contributed by atoms with Crippen molar-refractivity contribution in [2.45, 2.75) is 36.8 Å². The van der Waals surface area contributed by atoms with Crippen LogP contribution in [0, 0.1) is 0 Å². The number of nitrogens with two attached hydrogens (primary N) is 1. The average molecular weight is 288 g/mol. The number of benzene rings is 1. The normalized spacial score (nSPS) is 12.8. The molecule has 3 heteroatoms. The molecule has 0 fully saturated rings. The van der Waals surface area contributed by atoms with E-state index in [1.165, 1.54) is 16.9 Å². The van der Waals surface area contributed by atoms with Crippen molar-refractivity contribution in [3.05, 3.63) is 28.2 Å². The van der Waals surface area contributed by atoms with Crippen LogP contribution in [0.5, 0.6) is 0 Å². The zero-order valence-corrected chi connectivity index (χ0v) is 11.7. The van der Waals surface area contributed by atoms with E-state index in [0.29, 0.717) is 5.25 Å². The van der Waals surface area contributed by atoms with Crippen molar-refractivity contribution >= 4 is 27.7 Å². The summed E-state index contributed by atoms with van der Waals surface area (Å²) in [5.41, 5.74) is 6.98. The van der Waals surface area contributed by atoms with E-state index in [2.05, 4.69) is 48.0 Å². The van der Waals surface area contributed by atoms with Crippen LogP contribution in [-0.4, -0.2) is 11.8 Å². The van der Waals surface area contributed by atoms with Gasteiger partial charge in [0.1, 0.15) is 0 Å². The minimum Gasteiger partial charge on any atom is -0.330 e. The molecule has 1 unspecified atom stereocenters. The highest BCUT2D eigenvalue weighted by atomic mass is 79.9. The molecule has 0 amide bonds. The monoisotopic (exact) mass is 287 g/mol. The van der Waals surface area contributed by atoms with Crippen LogP contribution in [0.3, 0.4) is 0 Å². The Hall–Kier alpha value is 0.01000. The highest BCUT2D eigenvalue weighted by Crippen LogP contribution is 2.31. The first-order chi connectivity index (χ1) is 7.17. The van der Waals surface area contributed by atoms with Crippen LogP contribution in [0.1, 0.15) is 25.8 Å². The van der Waals surface area contributed by atoms with Crippen molar-refractivity contribution in [3.63, 3.8) is 0 Å². The van der Waals surface area contributed by atoms with Gasteiger partial charge in [0, 0.05) is 14.6 Å². The summed E-state index contributed by atoms with van der Waals surface area (Å²) in [6, 6.07) is 6.45. The van der Waals surface area contributed by atoms with Gasteiger partial charge in [-0.05, 0) is 37.1 Å². The predicted molar refractivity (Wildman–Crippen MR) is 72.5 cm³/mol. The van der Waals surface area contributed by atoms with Crippen LogP contribution in [-0.2, 0) is 6.42 Å². The average Bonchev–Trinajstić information content (AvgIpc) is 2.22. The molecule has 0 aromatic heterocycles. The van der Waals surface area contributed by atoms with Gasteiger partial charge in [0.15, 0.2) is 0 Å². The molecule has 0 heterocycles. The van der Waals surface area contributed by atoms with Crippen LogP contribution < -0.4 is 5.73 Å². The number of halogens is 1. The van der Waals surface area contributed by atoms with E-state index >= 15 is 0 Å². The van der Waals surface area contributed by atoms with E-state index in [4.69, 9.17) is 5.73 Å². The summed E-state index contributed by atoms with van der Waals surface area (Å²) >= 11 is 5.45. The maximum absolute atomic E-state index is 5.61. The van der Waals surface area contributed by atoms with Gasteiger partial charge in [0.05, 0.1) is 0 Å². The molecular weight excluding hydrogens is 270 g/mol. The third-order valence-corrected chi connectivity index (χ3v) is 4.21. The minimum absolute atomic E-state index is 0.663. The van der Waals surface area contributed by atoms with Crippen molar-refractivity contribution in [1.29, 1.82) is 0 Å². The quantitative estimate of drug-likeness (QED) is 0.833. The molecule has 84 valence electrons. The van der Waals surface area contributed by atoms with Gasteiger partial charge in [-0.25, -0.2) is 0 Å². The van der Waals surface area contributed by atoms with Crippen LogP contribution >= 0.6 is 27.7 Å². The smallest absolute Gasteiger partial charge is 0.0186 e. The maximum Gasteiger partial charge on any atom is 0.0186 e. The van der Waals surface area contributed by atoms with Gasteiger partial charge in [-0.15, -0.1) is 11.8 Å². The summed E-state index contributed by atoms with van der Waals surface area (Å²) < 4.78 is 1.15. The first-order valence-electron chi connectivity index (χ1n) is 5.32. The molecule has 0 aliphatic heterocycles. The summed E-state index contributed by atoms with van der Waals surface area (Å²) in [6.07, 6.45) is 2.16. The Morgan fingerprint density at radius 1 is 1.47 bits per heavy atom. The lowest BCUT2D eigenvalue weighted by Crippen LogP contribution is -2.04. The molecule has 1 aromatic carbocycles. The molecule has 0 saturated carbocycles. The lowest BCUT2D eigenvalue weighted by molar-refractivity contribution is 0.898. The lowest BCUT2D eigenvalue weighted by atomic mass is 10.1.